The first-order valence-corrected chi connectivity index (χ1v) is 8.21. The Morgan fingerprint density at radius 1 is 1.29 bits per heavy atom. The van der Waals surface area contributed by atoms with Crippen LogP contribution in [0, 0.1) is 5.92 Å². The van der Waals surface area contributed by atoms with E-state index in [1.165, 1.54) is 5.06 Å². The molecule has 7 heteroatoms. The standard InChI is InChI=1S/C14H24INO5/c1-9(15)11(17)20-6-7-21-12(18)10-8-13(2,3)16(19)14(10,4)5/h9-10,19H,6-8H2,1-5H3. The maximum Gasteiger partial charge on any atom is 0.318 e. The number of rotatable bonds is 5. The highest BCUT2D eigenvalue weighted by atomic mass is 127. The minimum atomic E-state index is -0.687. The Kier molecular flexibility index (Phi) is 6.02. The second kappa shape index (κ2) is 6.78. The summed E-state index contributed by atoms with van der Waals surface area (Å²) in [5.41, 5.74) is -1.16. The Balaban J connectivity index is 2.48. The van der Waals surface area contributed by atoms with E-state index in [-0.39, 0.29) is 29.1 Å². The lowest BCUT2D eigenvalue weighted by atomic mass is 9.87. The number of esters is 2. The number of hydroxylamine groups is 2. The van der Waals surface area contributed by atoms with Crippen molar-refractivity contribution in [3.8, 4) is 0 Å². The van der Waals surface area contributed by atoms with Crippen molar-refractivity contribution in [1.82, 2.24) is 5.06 Å². The van der Waals surface area contributed by atoms with Gasteiger partial charge in [0.1, 0.15) is 17.1 Å². The Morgan fingerprint density at radius 3 is 2.24 bits per heavy atom. The van der Waals surface area contributed by atoms with E-state index in [1.54, 1.807) is 6.92 Å². The molecule has 1 aliphatic heterocycles. The molecule has 1 saturated heterocycles. The van der Waals surface area contributed by atoms with Gasteiger partial charge in [-0.05, 0) is 41.0 Å². The van der Waals surface area contributed by atoms with E-state index in [0.29, 0.717) is 6.42 Å². The molecule has 1 rings (SSSR count). The van der Waals surface area contributed by atoms with Crippen molar-refractivity contribution in [1.29, 1.82) is 0 Å². The molecule has 0 spiro atoms. The lowest BCUT2D eigenvalue weighted by Crippen LogP contribution is -2.48. The van der Waals surface area contributed by atoms with Crippen LogP contribution in [0.2, 0.25) is 0 Å². The molecule has 2 unspecified atom stereocenters. The number of carbonyl (C=O) groups excluding carboxylic acids is 2. The van der Waals surface area contributed by atoms with E-state index in [1.807, 2.05) is 50.3 Å². The zero-order chi connectivity index (χ0) is 16.4. The molecular weight excluding hydrogens is 389 g/mol. The molecular formula is C14H24INO5. The smallest absolute Gasteiger partial charge is 0.318 e. The van der Waals surface area contributed by atoms with E-state index in [9.17, 15) is 14.8 Å². The summed E-state index contributed by atoms with van der Waals surface area (Å²) < 4.78 is 9.90. The summed E-state index contributed by atoms with van der Waals surface area (Å²) in [7, 11) is 0. The SMILES string of the molecule is CC(I)C(=O)OCCOC(=O)C1CC(C)(C)N(O)C1(C)C. The summed E-state index contributed by atoms with van der Waals surface area (Å²) in [6.07, 6.45) is 0.514. The topological polar surface area (TPSA) is 76.1 Å². The predicted molar refractivity (Wildman–Crippen MR) is 85.3 cm³/mol. The van der Waals surface area contributed by atoms with E-state index in [4.69, 9.17) is 9.47 Å². The molecule has 0 saturated carbocycles. The lowest BCUT2D eigenvalue weighted by molar-refractivity contribution is -0.200. The average Bonchev–Trinajstić information content (AvgIpc) is 2.54. The van der Waals surface area contributed by atoms with Crippen molar-refractivity contribution in [3.05, 3.63) is 0 Å². The molecule has 1 heterocycles. The maximum absolute atomic E-state index is 12.2. The van der Waals surface area contributed by atoms with Crippen LogP contribution in [0.1, 0.15) is 41.0 Å². The van der Waals surface area contributed by atoms with E-state index in [0.717, 1.165) is 0 Å². The van der Waals surface area contributed by atoms with Gasteiger partial charge in [0.05, 0.1) is 11.5 Å². The predicted octanol–water partition coefficient (Wildman–Crippen LogP) is 2.16. The summed E-state index contributed by atoms with van der Waals surface area (Å²) >= 11 is 1.96. The van der Waals surface area contributed by atoms with Gasteiger partial charge in [-0.3, -0.25) is 9.59 Å². The first-order valence-electron chi connectivity index (χ1n) is 6.96. The minimum Gasteiger partial charge on any atom is -0.462 e. The number of nitrogens with zero attached hydrogens (tertiary/aromatic N) is 1. The molecule has 21 heavy (non-hydrogen) atoms. The van der Waals surface area contributed by atoms with Gasteiger partial charge in [-0.1, -0.05) is 22.6 Å². The van der Waals surface area contributed by atoms with E-state index in [2.05, 4.69) is 0 Å². The van der Waals surface area contributed by atoms with Gasteiger partial charge in [-0.15, -0.1) is 0 Å². The Morgan fingerprint density at radius 2 is 1.81 bits per heavy atom. The molecule has 0 radical (unpaired) electrons. The molecule has 0 bridgehead atoms. The summed E-state index contributed by atoms with van der Waals surface area (Å²) in [5, 5.41) is 11.4. The highest BCUT2D eigenvalue weighted by Gasteiger charge is 2.54. The third-order valence-electron chi connectivity index (χ3n) is 3.86. The van der Waals surface area contributed by atoms with Gasteiger partial charge in [0.25, 0.3) is 0 Å². The van der Waals surface area contributed by atoms with Crippen LogP contribution in [0.3, 0.4) is 0 Å². The average molecular weight is 413 g/mol. The number of alkyl halides is 1. The van der Waals surface area contributed by atoms with Crippen molar-refractivity contribution in [2.75, 3.05) is 13.2 Å². The molecule has 1 fully saturated rings. The maximum atomic E-state index is 12.2. The van der Waals surface area contributed by atoms with Gasteiger partial charge in [0, 0.05) is 5.54 Å². The molecule has 122 valence electrons. The van der Waals surface area contributed by atoms with Crippen molar-refractivity contribution in [2.24, 2.45) is 5.92 Å². The molecule has 0 aromatic carbocycles. The largest absolute Gasteiger partial charge is 0.462 e. The first kappa shape index (κ1) is 18.6. The van der Waals surface area contributed by atoms with E-state index >= 15 is 0 Å². The Bertz CT molecular complexity index is 408. The van der Waals surface area contributed by atoms with Crippen LogP contribution in [0.4, 0.5) is 0 Å². The minimum absolute atomic E-state index is 0.0341. The fourth-order valence-corrected chi connectivity index (χ4v) is 2.81. The number of hydrogen-bond acceptors (Lipinski definition) is 6. The summed E-state index contributed by atoms with van der Waals surface area (Å²) in [6, 6.07) is 0. The van der Waals surface area contributed by atoms with Gasteiger partial charge in [-0.2, -0.15) is 5.06 Å². The van der Waals surface area contributed by atoms with Gasteiger partial charge in [0.2, 0.25) is 0 Å². The summed E-state index contributed by atoms with van der Waals surface area (Å²) in [4.78, 5) is 23.4. The van der Waals surface area contributed by atoms with E-state index < -0.39 is 17.0 Å². The fourth-order valence-electron chi connectivity index (χ4n) is 2.64. The van der Waals surface area contributed by atoms with Crippen LogP contribution in [0.25, 0.3) is 0 Å². The molecule has 0 aliphatic carbocycles. The zero-order valence-corrected chi connectivity index (χ0v) is 15.3. The normalized spacial score (nSPS) is 25.4. The van der Waals surface area contributed by atoms with Crippen LogP contribution < -0.4 is 0 Å². The van der Waals surface area contributed by atoms with Crippen LogP contribution >= 0.6 is 22.6 Å². The molecule has 1 N–H and O–H groups in total. The number of hydrogen-bond donors (Lipinski definition) is 1. The zero-order valence-electron chi connectivity index (χ0n) is 13.2. The van der Waals surface area contributed by atoms with Gasteiger partial charge < -0.3 is 14.7 Å². The highest BCUT2D eigenvalue weighted by Crippen LogP contribution is 2.43. The quantitative estimate of drug-likeness (QED) is 0.322. The Labute approximate surface area is 139 Å². The monoisotopic (exact) mass is 413 g/mol. The van der Waals surface area contributed by atoms with Crippen LogP contribution in [0.5, 0.6) is 0 Å². The highest BCUT2D eigenvalue weighted by molar-refractivity contribution is 14.1. The van der Waals surface area contributed by atoms with Crippen LogP contribution in [-0.4, -0.2) is 50.4 Å². The molecule has 0 amide bonds. The van der Waals surface area contributed by atoms with Gasteiger partial charge in [-0.25, -0.2) is 0 Å². The molecule has 6 nitrogen and oxygen atoms in total. The fraction of sp³-hybridized carbons (Fsp3) is 0.857. The van der Waals surface area contributed by atoms with Crippen molar-refractivity contribution in [3.63, 3.8) is 0 Å². The molecule has 1 aliphatic rings. The summed E-state index contributed by atoms with van der Waals surface area (Å²) in [5.74, 6) is -1.12. The number of carbonyl (C=O) groups is 2. The van der Waals surface area contributed by atoms with Crippen LogP contribution in [0.15, 0.2) is 0 Å². The molecule has 0 aromatic rings. The molecule has 0 aromatic heterocycles. The van der Waals surface area contributed by atoms with Crippen molar-refractivity contribution >= 4 is 34.5 Å². The lowest BCUT2D eigenvalue weighted by Gasteiger charge is -2.35. The van der Waals surface area contributed by atoms with Crippen molar-refractivity contribution < 1.29 is 24.3 Å². The number of halogens is 1. The third kappa shape index (κ3) is 4.29. The second-order valence-corrected chi connectivity index (χ2v) is 8.35. The second-order valence-electron chi connectivity index (χ2n) is 6.49. The van der Waals surface area contributed by atoms with Crippen molar-refractivity contribution in [2.45, 2.75) is 56.0 Å². The summed E-state index contributed by atoms with van der Waals surface area (Å²) in [6.45, 7) is 9.20. The Hall–Kier alpha value is -0.410. The van der Waals surface area contributed by atoms with Gasteiger partial charge >= 0.3 is 11.9 Å². The van der Waals surface area contributed by atoms with Gasteiger partial charge in [0.15, 0.2) is 0 Å². The third-order valence-corrected chi connectivity index (χ3v) is 4.37. The van der Waals surface area contributed by atoms with Crippen LogP contribution in [-0.2, 0) is 19.1 Å². The molecule has 2 atom stereocenters. The number of ether oxygens (including phenoxy) is 2. The first-order chi connectivity index (χ1) is 9.50.